The first-order chi connectivity index (χ1) is 10.5. The molecule has 0 aliphatic carbocycles. The van der Waals surface area contributed by atoms with Crippen LogP contribution in [0.25, 0.3) is 0 Å². The van der Waals surface area contributed by atoms with E-state index < -0.39 is 10.0 Å². The number of likely N-dealkylation sites (N-methyl/N-ethyl adjacent to an activating group) is 1. The Morgan fingerprint density at radius 3 is 2.73 bits per heavy atom. The number of hydrogen-bond acceptors (Lipinski definition) is 4. The van der Waals surface area contributed by atoms with Crippen molar-refractivity contribution in [2.75, 3.05) is 29.8 Å². The van der Waals surface area contributed by atoms with E-state index in [0.29, 0.717) is 18.0 Å². The molecule has 6 heteroatoms. The van der Waals surface area contributed by atoms with Crippen LogP contribution in [0.4, 0.5) is 11.4 Å². The largest absolute Gasteiger partial charge is 0.490 e. The molecule has 0 atom stereocenters. The number of anilines is 2. The Morgan fingerprint density at radius 2 is 1.95 bits per heavy atom. The number of aryl methyl sites for hydroxylation is 1. The lowest BCUT2D eigenvalue weighted by atomic mass is 10.2. The van der Waals surface area contributed by atoms with Crippen molar-refractivity contribution in [3.05, 3.63) is 48.0 Å². The molecule has 22 heavy (non-hydrogen) atoms. The average molecular weight is 318 g/mol. The highest BCUT2D eigenvalue weighted by Crippen LogP contribution is 2.33. The SMILES string of the molecule is Cc1ccccc1NS(=O)(=O)c1ccc2c(c1)OCCN2C. The zero-order valence-corrected chi connectivity index (χ0v) is 13.4. The maximum Gasteiger partial charge on any atom is 0.262 e. The Labute approximate surface area is 130 Å². The van der Waals surface area contributed by atoms with Crippen LogP contribution >= 0.6 is 0 Å². The van der Waals surface area contributed by atoms with Gasteiger partial charge in [-0.3, -0.25) is 4.72 Å². The lowest BCUT2D eigenvalue weighted by molar-refractivity contribution is 0.310. The van der Waals surface area contributed by atoms with Gasteiger partial charge in [0.05, 0.1) is 22.8 Å². The Kier molecular flexibility index (Phi) is 3.70. The molecule has 0 saturated heterocycles. The number of ether oxygens (including phenoxy) is 1. The molecule has 1 aliphatic heterocycles. The predicted octanol–water partition coefficient (Wildman–Crippen LogP) is 2.62. The summed E-state index contributed by atoms with van der Waals surface area (Å²) < 4.78 is 33.3. The van der Waals surface area contributed by atoms with E-state index in [4.69, 9.17) is 4.74 Å². The van der Waals surface area contributed by atoms with Crippen LogP contribution in [0.2, 0.25) is 0 Å². The summed E-state index contributed by atoms with van der Waals surface area (Å²) in [6, 6.07) is 12.2. The number of nitrogens with one attached hydrogen (secondary N) is 1. The summed E-state index contributed by atoms with van der Waals surface area (Å²) in [6.45, 7) is 3.21. The minimum atomic E-state index is -3.64. The first-order valence-corrected chi connectivity index (χ1v) is 8.52. The number of nitrogens with zero attached hydrogens (tertiary/aromatic N) is 1. The van der Waals surface area contributed by atoms with Gasteiger partial charge in [-0.15, -0.1) is 0 Å². The number of sulfonamides is 1. The van der Waals surface area contributed by atoms with Gasteiger partial charge in [-0.25, -0.2) is 8.42 Å². The summed E-state index contributed by atoms with van der Waals surface area (Å²) >= 11 is 0. The molecule has 1 heterocycles. The van der Waals surface area contributed by atoms with Crippen LogP contribution in [-0.2, 0) is 10.0 Å². The predicted molar refractivity (Wildman–Crippen MR) is 87.2 cm³/mol. The molecule has 0 amide bonds. The second-order valence-electron chi connectivity index (χ2n) is 5.32. The Bertz CT molecular complexity index is 803. The normalized spacial score (nSPS) is 14.2. The summed E-state index contributed by atoms with van der Waals surface area (Å²) in [7, 11) is -1.68. The molecule has 116 valence electrons. The fourth-order valence-corrected chi connectivity index (χ4v) is 3.54. The third-order valence-electron chi connectivity index (χ3n) is 3.73. The molecule has 0 radical (unpaired) electrons. The summed E-state index contributed by atoms with van der Waals surface area (Å²) in [5.74, 6) is 0.599. The molecule has 0 spiro atoms. The monoisotopic (exact) mass is 318 g/mol. The van der Waals surface area contributed by atoms with E-state index in [2.05, 4.69) is 4.72 Å². The Balaban J connectivity index is 1.95. The van der Waals surface area contributed by atoms with Crippen molar-refractivity contribution in [2.45, 2.75) is 11.8 Å². The fraction of sp³-hybridized carbons (Fsp3) is 0.250. The van der Waals surface area contributed by atoms with Crippen molar-refractivity contribution in [1.29, 1.82) is 0 Å². The second-order valence-corrected chi connectivity index (χ2v) is 7.00. The molecule has 3 rings (SSSR count). The molecular weight excluding hydrogens is 300 g/mol. The van der Waals surface area contributed by atoms with Crippen LogP contribution in [0, 0.1) is 6.92 Å². The lowest BCUT2D eigenvalue weighted by Crippen LogP contribution is -2.29. The standard InChI is InChI=1S/C16H18N2O3S/c1-12-5-3-4-6-14(12)17-22(19,20)13-7-8-15-16(11-13)21-10-9-18(15)2/h3-8,11,17H,9-10H2,1-2H3. The van der Waals surface area contributed by atoms with Gasteiger partial charge in [0.1, 0.15) is 12.4 Å². The first kappa shape index (κ1) is 14.7. The van der Waals surface area contributed by atoms with E-state index in [1.54, 1.807) is 30.3 Å². The number of benzene rings is 2. The number of fused-ring (bicyclic) bond motifs is 1. The smallest absolute Gasteiger partial charge is 0.262 e. The molecule has 0 fully saturated rings. The van der Waals surface area contributed by atoms with Gasteiger partial charge in [-0.1, -0.05) is 18.2 Å². The van der Waals surface area contributed by atoms with E-state index in [-0.39, 0.29) is 4.90 Å². The molecule has 0 unspecified atom stereocenters. The van der Waals surface area contributed by atoms with Crippen molar-refractivity contribution in [1.82, 2.24) is 0 Å². The van der Waals surface area contributed by atoms with Crippen molar-refractivity contribution in [2.24, 2.45) is 0 Å². The minimum absolute atomic E-state index is 0.199. The highest BCUT2D eigenvalue weighted by Gasteiger charge is 2.21. The van der Waals surface area contributed by atoms with E-state index in [1.165, 1.54) is 0 Å². The fourth-order valence-electron chi connectivity index (χ4n) is 2.40. The third-order valence-corrected chi connectivity index (χ3v) is 5.09. The van der Waals surface area contributed by atoms with Crippen LogP contribution in [0.5, 0.6) is 5.75 Å². The van der Waals surface area contributed by atoms with E-state index in [0.717, 1.165) is 17.8 Å². The van der Waals surface area contributed by atoms with Gasteiger partial charge < -0.3 is 9.64 Å². The van der Waals surface area contributed by atoms with Crippen LogP contribution < -0.4 is 14.4 Å². The van der Waals surface area contributed by atoms with Gasteiger partial charge in [0.15, 0.2) is 0 Å². The van der Waals surface area contributed by atoms with Gasteiger partial charge in [0.2, 0.25) is 0 Å². The van der Waals surface area contributed by atoms with Crippen LogP contribution in [0.3, 0.4) is 0 Å². The minimum Gasteiger partial charge on any atom is -0.490 e. The molecule has 0 bridgehead atoms. The quantitative estimate of drug-likeness (QED) is 0.945. The number of para-hydroxylation sites is 1. The van der Waals surface area contributed by atoms with Crippen molar-refractivity contribution >= 4 is 21.4 Å². The zero-order valence-electron chi connectivity index (χ0n) is 12.5. The molecule has 2 aromatic rings. The van der Waals surface area contributed by atoms with Crippen molar-refractivity contribution in [3.63, 3.8) is 0 Å². The Morgan fingerprint density at radius 1 is 1.18 bits per heavy atom. The molecule has 0 saturated carbocycles. The van der Waals surface area contributed by atoms with Crippen LogP contribution in [0.1, 0.15) is 5.56 Å². The van der Waals surface area contributed by atoms with Gasteiger partial charge in [-0.2, -0.15) is 0 Å². The molecule has 0 aromatic heterocycles. The molecule has 1 aliphatic rings. The maximum absolute atomic E-state index is 12.5. The zero-order chi connectivity index (χ0) is 15.7. The highest BCUT2D eigenvalue weighted by atomic mass is 32.2. The van der Waals surface area contributed by atoms with Crippen molar-refractivity contribution < 1.29 is 13.2 Å². The summed E-state index contributed by atoms with van der Waals surface area (Å²) in [6.07, 6.45) is 0. The number of hydrogen-bond donors (Lipinski definition) is 1. The van der Waals surface area contributed by atoms with E-state index in [1.807, 2.05) is 31.0 Å². The van der Waals surface area contributed by atoms with Crippen LogP contribution in [-0.4, -0.2) is 28.6 Å². The van der Waals surface area contributed by atoms with E-state index >= 15 is 0 Å². The van der Waals surface area contributed by atoms with Gasteiger partial charge in [0, 0.05) is 13.1 Å². The van der Waals surface area contributed by atoms with Crippen molar-refractivity contribution in [3.8, 4) is 5.75 Å². The molecular formula is C16H18N2O3S. The van der Waals surface area contributed by atoms with Gasteiger partial charge in [0.25, 0.3) is 10.0 Å². The summed E-state index contributed by atoms with van der Waals surface area (Å²) in [5.41, 5.74) is 2.36. The highest BCUT2D eigenvalue weighted by molar-refractivity contribution is 7.92. The summed E-state index contributed by atoms with van der Waals surface area (Å²) in [5, 5.41) is 0. The maximum atomic E-state index is 12.5. The number of rotatable bonds is 3. The second kappa shape index (κ2) is 5.53. The average Bonchev–Trinajstić information content (AvgIpc) is 2.49. The third kappa shape index (κ3) is 2.74. The lowest BCUT2D eigenvalue weighted by Gasteiger charge is -2.27. The van der Waals surface area contributed by atoms with Gasteiger partial charge in [-0.05, 0) is 30.7 Å². The first-order valence-electron chi connectivity index (χ1n) is 7.04. The summed E-state index contributed by atoms with van der Waals surface area (Å²) in [4.78, 5) is 2.24. The molecule has 1 N–H and O–H groups in total. The van der Waals surface area contributed by atoms with Gasteiger partial charge >= 0.3 is 0 Å². The Hall–Kier alpha value is -2.21. The van der Waals surface area contributed by atoms with E-state index in [9.17, 15) is 8.42 Å². The molecule has 5 nitrogen and oxygen atoms in total. The van der Waals surface area contributed by atoms with Crippen LogP contribution in [0.15, 0.2) is 47.4 Å². The molecule has 2 aromatic carbocycles. The topological polar surface area (TPSA) is 58.6 Å².